The lowest BCUT2D eigenvalue weighted by Gasteiger charge is -2.10. The summed E-state index contributed by atoms with van der Waals surface area (Å²) in [5, 5.41) is 17.8. The van der Waals surface area contributed by atoms with Crippen LogP contribution in [-0.2, 0) is 40.5 Å². The lowest BCUT2D eigenvalue weighted by atomic mass is 10.1. The molecule has 56 heavy (non-hydrogen) atoms. The van der Waals surface area contributed by atoms with E-state index in [1.54, 1.807) is 38.1 Å². The maximum Gasteiger partial charge on any atom is 0.296 e. The molecule has 5 aromatic rings. The number of azo groups is 2. The van der Waals surface area contributed by atoms with Crippen molar-refractivity contribution < 1.29 is 51.9 Å². The molecule has 0 aliphatic heterocycles. The zero-order chi connectivity index (χ0) is 41.2. The van der Waals surface area contributed by atoms with Crippen LogP contribution in [0.25, 0.3) is 21.0 Å². The van der Waals surface area contributed by atoms with Gasteiger partial charge in [0.05, 0.1) is 38.2 Å². The number of nitrogen functional groups attached to an aromatic ring is 1. The van der Waals surface area contributed by atoms with Gasteiger partial charge >= 0.3 is 0 Å². The molecular formula is C31H32N6O12S7. The largest absolute Gasteiger partial charge is 0.398 e. The summed E-state index contributed by atoms with van der Waals surface area (Å²) in [6.07, 6.45) is 0.281. The van der Waals surface area contributed by atoms with Crippen molar-refractivity contribution in [1.82, 2.24) is 4.98 Å². The van der Waals surface area contributed by atoms with E-state index in [4.69, 9.17) is 10.3 Å². The third-order valence-corrected chi connectivity index (χ3v) is 14.3. The van der Waals surface area contributed by atoms with E-state index in [0.29, 0.717) is 49.4 Å². The van der Waals surface area contributed by atoms with Crippen LogP contribution in [0.15, 0.2) is 88.6 Å². The number of nitrogens with zero attached hydrogens (tertiary/aromatic N) is 5. The SMILES string of the molecule is Cc1cc(N=Nc2cc(SCCCS(=O)(=O)O)c(N)cc2C)c(SCCCS(=O)(=O)O)cc1N=Nc1nc2c(S(=O)(=O)O)cc3ccc(S(=O)(=O)O)cc3c2s1. The molecule has 0 aliphatic rings. The van der Waals surface area contributed by atoms with Gasteiger partial charge in [0.2, 0.25) is 5.13 Å². The van der Waals surface area contributed by atoms with E-state index in [9.17, 15) is 47.3 Å². The van der Waals surface area contributed by atoms with E-state index in [2.05, 4.69) is 25.4 Å². The molecule has 18 nitrogen and oxygen atoms in total. The van der Waals surface area contributed by atoms with Crippen LogP contribution in [0.3, 0.4) is 0 Å². The van der Waals surface area contributed by atoms with Crippen molar-refractivity contribution in [1.29, 1.82) is 0 Å². The number of anilines is 1. The summed E-state index contributed by atoms with van der Waals surface area (Å²) in [5.41, 5.74) is 8.79. The Morgan fingerprint density at radius 1 is 0.679 bits per heavy atom. The van der Waals surface area contributed by atoms with Gasteiger partial charge in [-0.25, -0.2) is 4.98 Å². The molecule has 4 aromatic carbocycles. The molecule has 0 bridgehead atoms. The Balaban J connectivity index is 1.51. The summed E-state index contributed by atoms with van der Waals surface area (Å²) >= 11 is 3.34. The molecule has 0 atom stereocenters. The van der Waals surface area contributed by atoms with Crippen molar-refractivity contribution in [2.24, 2.45) is 20.5 Å². The summed E-state index contributed by atoms with van der Waals surface area (Å²) in [5.74, 6) is -0.283. The molecule has 5 rings (SSSR count). The first-order valence-corrected chi connectivity index (χ1v) is 24.7. The van der Waals surface area contributed by atoms with Crippen molar-refractivity contribution in [3.05, 3.63) is 59.7 Å². The number of nitrogens with two attached hydrogens (primary N) is 1. The molecule has 300 valence electrons. The number of benzene rings is 4. The zero-order valence-corrected chi connectivity index (χ0v) is 34.8. The Morgan fingerprint density at radius 3 is 1.82 bits per heavy atom. The minimum absolute atomic E-state index is 0.0642. The molecule has 0 unspecified atom stereocenters. The molecule has 6 N–H and O–H groups in total. The fraction of sp³-hybridized carbons (Fsp3) is 0.258. The maximum atomic E-state index is 12.3. The average Bonchev–Trinajstić information content (AvgIpc) is 3.51. The maximum absolute atomic E-state index is 12.3. The summed E-state index contributed by atoms with van der Waals surface area (Å²) in [6.45, 7) is 3.48. The Kier molecular flexibility index (Phi) is 13.3. The van der Waals surface area contributed by atoms with Gasteiger partial charge < -0.3 is 5.73 Å². The monoisotopic (exact) mass is 904 g/mol. The predicted molar refractivity (Wildman–Crippen MR) is 215 cm³/mol. The number of aromatic nitrogens is 1. The minimum Gasteiger partial charge on any atom is -0.398 e. The van der Waals surface area contributed by atoms with Crippen LogP contribution in [0.4, 0.5) is 27.9 Å². The van der Waals surface area contributed by atoms with Gasteiger partial charge in [0, 0.05) is 20.9 Å². The van der Waals surface area contributed by atoms with Gasteiger partial charge in [0.1, 0.15) is 10.4 Å². The Hall–Kier alpha value is -3.63. The van der Waals surface area contributed by atoms with Gasteiger partial charge in [0.25, 0.3) is 40.5 Å². The first-order valence-electron chi connectivity index (χ1n) is 15.8. The molecular weight excluding hydrogens is 873 g/mol. The van der Waals surface area contributed by atoms with Crippen molar-refractivity contribution in [3.8, 4) is 0 Å². The second kappa shape index (κ2) is 17.1. The molecule has 0 radical (unpaired) electrons. The molecule has 0 aliphatic carbocycles. The Labute approximate surface area is 334 Å². The number of hydrogen-bond acceptors (Lipinski definition) is 17. The van der Waals surface area contributed by atoms with Crippen molar-refractivity contribution in [2.45, 2.75) is 46.3 Å². The van der Waals surface area contributed by atoms with E-state index in [1.165, 1.54) is 29.6 Å². The normalized spacial score (nSPS) is 13.2. The number of thiazole rings is 1. The lowest BCUT2D eigenvalue weighted by molar-refractivity contribution is 0.480. The topological polar surface area (TPSA) is 306 Å². The van der Waals surface area contributed by atoms with Crippen molar-refractivity contribution >= 4 is 124 Å². The van der Waals surface area contributed by atoms with Gasteiger partial charge in [-0.2, -0.15) is 38.8 Å². The lowest BCUT2D eigenvalue weighted by Crippen LogP contribution is -2.04. The van der Waals surface area contributed by atoms with E-state index in [-0.39, 0.29) is 44.7 Å². The van der Waals surface area contributed by atoms with Crippen LogP contribution < -0.4 is 5.73 Å². The van der Waals surface area contributed by atoms with Crippen molar-refractivity contribution in [2.75, 3.05) is 28.7 Å². The number of aryl methyl sites for hydroxylation is 2. The van der Waals surface area contributed by atoms with Gasteiger partial charge in [0.15, 0.2) is 0 Å². The van der Waals surface area contributed by atoms with Crippen LogP contribution >= 0.6 is 34.9 Å². The highest BCUT2D eigenvalue weighted by molar-refractivity contribution is 7.99. The van der Waals surface area contributed by atoms with Gasteiger partial charge in [-0.1, -0.05) is 17.4 Å². The molecule has 1 aromatic heterocycles. The summed E-state index contributed by atoms with van der Waals surface area (Å²) in [7, 11) is -17.7. The van der Waals surface area contributed by atoms with Gasteiger partial charge in [-0.05, 0) is 97.2 Å². The fourth-order valence-corrected chi connectivity index (χ4v) is 10.5. The summed E-state index contributed by atoms with van der Waals surface area (Å²) in [6, 6.07) is 11.3. The second-order valence-corrected chi connectivity index (χ2v) is 21.2. The van der Waals surface area contributed by atoms with Crippen LogP contribution in [0.2, 0.25) is 0 Å². The smallest absolute Gasteiger partial charge is 0.296 e. The van der Waals surface area contributed by atoms with E-state index in [1.807, 2.05) is 0 Å². The van der Waals surface area contributed by atoms with Crippen LogP contribution in [0, 0.1) is 13.8 Å². The minimum atomic E-state index is -4.80. The average molecular weight is 905 g/mol. The standard InChI is InChI=1S/C31H32N6O12S7/c1-17-11-22(32)26(50-7-3-9-53(38,39)40)15-23(17)34-36-25-12-18(2)24(16-27(25)51-8-4-10-54(41,42)43)35-37-31-33-29-28(56(47,48)49)13-19-5-6-20(55(44,45)46)14-21(19)30(29)52-31/h5-6,11-16H,3-4,7-10,32H2,1-2H3,(H,38,39,40)(H,41,42,43)(H,44,45,46)(H,47,48,49). The van der Waals surface area contributed by atoms with Crippen molar-refractivity contribution in [3.63, 3.8) is 0 Å². The Morgan fingerprint density at radius 2 is 1.23 bits per heavy atom. The second-order valence-electron chi connectivity index (χ2n) is 12.0. The molecule has 0 saturated carbocycles. The number of thioether (sulfide) groups is 2. The highest BCUT2D eigenvalue weighted by Gasteiger charge is 2.22. The molecule has 0 saturated heterocycles. The van der Waals surface area contributed by atoms with E-state index in [0.717, 1.165) is 29.5 Å². The van der Waals surface area contributed by atoms with Crippen LogP contribution in [-0.4, -0.2) is 79.9 Å². The highest BCUT2D eigenvalue weighted by atomic mass is 32.2. The molecule has 0 spiro atoms. The molecule has 25 heteroatoms. The van der Waals surface area contributed by atoms with E-state index < -0.39 is 61.8 Å². The third-order valence-electron chi connectivity index (χ3n) is 7.70. The highest BCUT2D eigenvalue weighted by Crippen LogP contribution is 2.42. The summed E-state index contributed by atoms with van der Waals surface area (Å²) in [4.78, 5) is 4.37. The predicted octanol–water partition coefficient (Wildman–Crippen LogP) is 7.71. The molecule has 1 heterocycles. The zero-order valence-electron chi connectivity index (χ0n) is 29.1. The number of rotatable bonds is 16. The Bertz CT molecular complexity index is 2860. The van der Waals surface area contributed by atoms with E-state index >= 15 is 0 Å². The molecule has 0 fully saturated rings. The van der Waals surface area contributed by atoms with Gasteiger partial charge in [-0.3, -0.25) is 18.2 Å². The summed E-state index contributed by atoms with van der Waals surface area (Å²) < 4.78 is 131. The van der Waals surface area contributed by atoms with Gasteiger partial charge in [-0.15, -0.1) is 38.9 Å². The van der Waals surface area contributed by atoms with Crippen LogP contribution in [0.1, 0.15) is 24.0 Å². The fourth-order valence-electron chi connectivity index (χ4n) is 5.07. The number of hydrogen-bond donors (Lipinski definition) is 5. The quantitative estimate of drug-likeness (QED) is 0.0208. The first kappa shape index (κ1) is 43.5. The number of fused-ring (bicyclic) bond motifs is 3. The first-order chi connectivity index (χ1) is 26.0. The third kappa shape index (κ3) is 11.5. The van der Waals surface area contributed by atoms with Crippen LogP contribution in [0.5, 0.6) is 0 Å². The molecule has 0 amide bonds.